The van der Waals surface area contributed by atoms with E-state index in [-0.39, 0.29) is 41.0 Å². The Balaban J connectivity index is 1.80. The summed E-state index contributed by atoms with van der Waals surface area (Å²) in [5, 5.41) is 9.33. The predicted octanol–water partition coefficient (Wildman–Crippen LogP) is 3.32. The number of carbonyl (C=O) groups is 4. The molecule has 0 aromatic heterocycles. The maximum atomic E-state index is 13.6. The highest BCUT2D eigenvalue weighted by molar-refractivity contribution is 6.01. The van der Waals surface area contributed by atoms with E-state index in [0.29, 0.717) is 0 Å². The number of amides is 4. The number of hydrogen-bond acceptors (Lipinski definition) is 5. The summed E-state index contributed by atoms with van der Waals surface area (Å²) in [7, 11) is 1.41. The molecule has 9 nitrogen and oxygen atoms in total. The molecule has 0 spiro atoms. The number of nitriles is 1. The van der Waals surface area contributed by atoms with E-state index in [1.54, 1.807) is 0 Å². The monoisotopic (exact) mass is 513 g/mol. The van der Waals surface area contributed by atoms with E-state index in [1.807, 2.05) is 6.07 Å². The van der Waals surface area contributed by atoms with E-state index >= 15 is 0 Å². The molecule has 1 heterocycles. The molecule has 4 amide bonds. The lowest BCUT2D eigenvalue weighted by atomic mass is 9.82. The third kappa shape index (κ3) is 4.72. The zero-order valence-corrected chi connectivity index (χ0v) is 19.8. The van der Waals surface area contributed by atoms with Crippen molar-refractivity contribution < 1.29 is 32.3 Å². The smallest absolute Gasteiger partial charge is 0.320 e. The van der Waals surface area contributed by atoms with Crippen molar-refractivity contribution >= 4 is 29.3 Å². The average Bonchev–Trinajstić information content (AvgIpc) is 3.23. The predicted molar refractivity (Wildman–Crippen MR) is 124 cm³/mol. The first-order chi connectivity index (χ1) is 17.4. The van der Waals surface area contributed by atoms with Crippen molar-refractivity contribution in [2.24, 2.45) is 5.92 Å². The summed E-state index contributed by atoms with van der Waals surface area (Å²) in [4.78, 5) is 53.3. The Labute approximate surface area is 209 Å². The Hall–Kier alpha value is -4.40. The fraction of sp³-hybridized carbons (Fsp3) is 0.320. The third-order valence-electron chi connectivity index (χ3n) is 6.62. The first kappa shape index (κ1) is 25.7. The van der Waals surface area contributed by atoms with Crippen LogP contribution in [0.15, 0.2) is 42.5 Å². The van der Waals surface area contributed by atoms with Gasteiger partial charge in [-0.3, -0.25) is 30.1 Å². The lowest BCUT2D eigenvalue weighted by Gasteiger charge is -2.47. The van der Waals surface area contributed by atoms with Gasteiger partial charge in [0, 0.05) is 31.6 Å². The maximum absolute atomic E-state index is 13.6. The zero-order chi connectivity index (χ0) is 27.1. The normalized spacial score (nSPS) is 21.4. The zero-order valence-electron chi connectivity index (χ0n) is 19.8. The van der Waals surface area contributed by atoms with E-state index in [9.17, 15) is 37.6 Å². The molecule has 0 radical (unpaired) electrons. The molecule has 0 bridgehead atoms. The topological polar surface area (TPSA) is 123 Å². The minimum Gasteiger partial charge on any atom is -0.320 e. The van der Waals surface area contributed by atoms with Crippen LogP contribution >= 0.6 is 0 Å². The van der Waals surface area contributed by atoms with Crippen LogP contribution in [0.1, 0.15) is 52.9 Å². The largest absolute Gasteiger partial charge is 0.416 e. The third-order valence-corrected chi connectivity index (χ3v) is 6.62. The Bertz CT molecular complexity index is 1340. The number of hydrazine groups is 1. The fourth-order valence-electron chi connectivity index (χ4n) is 5.03. The molecule has 1 saturated heterocycles. The standard InChI is InChI=1S/C25H22F3N5O4/c1-13(34)30-31-23(36)18-10-14(12-29)6-7-17(18)22-21-19(8-9-20(21)35)33(24(37)32(22)2)16-5-3-4-15(11-16)25(26,27)28/h3-7,10-11,19,21-22H,8-9H2,1-2H3,(H,30,34)(H,31,36). The number of urea groups is 1. The SMILES string of the molecule is CC(=O)NNC(=O)c1cc(C#N)ccc1C1C2C(=O)CCC2N(c2cccc(C(F)(F)F)c2)C(=O)N1C. The van der Waals surface area contributed by atoms with Gasteiger partial charge >= 0.3 is 12.2 Å². The van der Waals surface area contributed by atoms with Crippen molar-refractivity contribution in [3.05, 3.63) is 64.7 Å². The molecule has 4 rings (SSSR count). The molecule has 1 saturated carbocycles. The van der Waals surface area contributed by atoms with Crippen molar-refractivity contribution in [2.45, 2.75) is 38.0 Å². The van der Waals surface area contributed by atoms with Gasteiger partial charge in [0.15, 0.2) is 0 Å². The molecule has 2 aliphatic rings. The molecule has 12 heteroatoms. The van der Waals surface area contributed by atoms with Gasteiger partial charge in [-0.1, -0.05) is 12.1 Å². The summed E-state index contributed by atoms with van der Waals surface area (Å²) >= 11 is 0. The molecule has 2 fully saturated rings. The van der Waals surface area contributed by atoms with Gasteiger partial charge in [-0.15, -0.1) is 0 Å². The highest BCUT2D eigenvalue weighted by Crippen LogP contribution is 2.46. The molecule has 192 valence electrons. The number of alkyl halides is 3. The second kappa shape index (κ2) is 9.57. The summed E-state index contributed by atoms with van der Waals surface area (Å²) in [6.45, 7) is 1.19. The number of anilines is 1. The Morgan fingerprint density at radius 2 is 1.84 bits per heavy atom. The number of carbonyl (C=O) groups excluding carboxylic acids is 4. The van der Waals surface area contributed by atoms with Gasteiger partial charge in [-0.05, 0) is 42.3 Å². The van der Waals surface area contributed by atoms with E-state index < -0.39 is 47.6 Å². The van der Waals surface area contributed by atoms with Crippen LogP contribution in [0.2, 0.25) is 0 Å². The van der Waals surface area contributed by atoms with Gasteiger partial charge in [-0.25, -0.2) is 4.79 Å². The number of hydrogen-bond donors (Lipinski definition) is 2. The lowest BCUT2D eigenvalue weighted by Crippen LogP contribution is -2.59. The first-order valence-electron chi connectivity index (χ1n) is 11.3. The van der Waals surface area contributed by atoms with Crippen molar-refractivity contribution in [3.8, 4) is 6.07 Å². The van der Waals surface area contributed by atoms with Crippen LogP contribution in [0, 0.1) is 17.2 Å². The number of Topliss-reactive ketones (excluding diaryl/α,β-unsaturated/α-hetero) is 1. The first-order valence-corrected chi connectivity index (χ1v) is 11.3. The van der Waals surface area contributed by atoms with E-state index in [1.165, 1.54) is 54.1 Å². The van der Waals surface area contributed by atoms with Gasteiger partial charge in [0.2, 0.25) is 5.91 Å². The van der Waals surface area contributed by atoms with Crippen LogP contribution in [0.4, 0.5) is 23.7 Å². The number of ketones is 1. The lowest BCUT2D eigenvalue weighted by molar-refractivity contribution is -0.137. The Morgan fingerprint density at radius 1 is 1.11 bits per heavy atom. The second-order valence-corrected chi connectivity index (χ2v) is 8.90. The molecule has 3 atom stereocenters. The fourth-order valence-corrected chi connectivity index (χ4v) is 5.03. The Kier molecular flexibility index (Phi) is 6.64. The van der Waals surface area contributed by atoms with Gasteiger partial charge in [-0.2, -0.15) is 18.4 Å². The van der Waals surface area contributed by atoms with Crippen LogP contribution in [-0.2, 0) is 15.8 Å². The highest BCUT2D eigenvalue weighted by atomic mass is 19.4. The molecule has 3 unspecified atom stereocenters. The molecule has 1 aliphatic carbocycles. The van der Waals surface area contributed by atoms with E-state index in [0.717, 1.165) is 12.1 Å². The number of rotatable bonds is 3. The number of nitrogens with one attached hydrogen (secondary N) is 2. The van der Waals surface area contributed by atoms with Crippen LogP contribution in [-0.4, -0.2) is 41.6 Å². The van der Waals surface area contributed by atoms with Gasteiger partial charge in [0.25, 0.3) is 5.91 Å². The molecule has 2 N–H and O–H groups in total. The van der Waals surface area contributed by atoms with Crippen molar-refractivity contribution in [2.75, 3.05) is 11.9 Å². The van der Waals surface area contributed by atoms with Crippen LogP contribution < -0.4 is 15.8 Å². The molecular weight excluding hydrogens is 491 g/mol. The number of benzene rings is 2. The average molecular weight is 513 g/mol. The quantitative estimate of drug-likeness (QED) is 0.610. The number of halogens is 3. The molecular formula is C25H22F3N5O4. The summed E-state index contributed by atoms with van der Waals surface area (Å²) in [5.41, 5.74) is 3.87. The minimum atomic E-state index is -4.62. The van der Waals surface area contributed by atoms with E-state index in [4.69, 9.17) is 0 Å². The molecule has 37 heavy (non-hydrogen) atoms. The molecule has 1 aliphatic heterocycles. The van der Waals surface area contributed by atoms with Crippen molar-refractivity contribution in [3.63, 3.8) is 0 Å². The summed E-state index contributed by atoms with van der Waals surface area (Å²) in [6.07, 6.45) is -4.28. The summed E-state index contributed by atoms with van der Waals surface area (Å²) < 4.78 is 40.1. The number of fused-ring (bicyclic) bond motifs is 1. The Morgan fingerprint density at radius 3 is 2.49 bits per heavy atom. The second-order valence-electron chi connectivity index (χ2n) is 8.90. The van der Waals surface area contributed by atoms with Crippen LogP contribution in [0.5, 0.6) is 0 Å². The van der Waals surface area contributed by atoms with Gasteiger partial charge < -0.3 is 4.90 Å². The molecule has 2 aromatic carbocycles. The maximum Gasteiger partial charge on any atom is 0.416 e. The van der Waals surface area contributed by atoms with Crippen LogP contribution in [0.3, 0.4) is 0 Å². The summed E-state index contributed by atoms with van der Waals surface area (Å²) in [6, 6.07) is 8.17. The van der Waals surface area contributed by atoms with Gasteiger partial charge in [0.05, 0.1) is 35.2 Å². The minimum absolute atomic E-state index is 0.0123. The van der Waals surface area contributed by atoms with Crippen molar-refractivity contribution in [1.82, 2.24) is 15.8 Å². The van der Waals surface area contributed by atoms with E-state index in [2.05, 4.69) is 10.9 Å². The molecule has 2 aromatic rings. The van der Waals surface area contributed by atoms with Gasteiger partial charge in [0.1, 0.15) is 5.78 Å². The van der Waals surface area contributed by atoms with Crippen LogP contribution in [0.25, 0.3) is 0 Å². The number of nitrogens with zero attached hydrogens (tertiary/aromatic N) is 3. The highest BCUT2D eigenvalue weighted by Gasteiger charge is 2.53. The van der Waals surface area contributed by atoms with Crippen molar-refractivity contribution in [1.29, 1.82) is 5.26 Å². The summed E-state index contributed by atoms with van der Waals surface area (Å²) in [5.74, 6) is -2.36.